The number of hydrogen-bond donors (Lipinski definition) is 2. The van der Waals surface area contributed by atoms with Crippen LogP contribution in [0, 0.1) is 10.1 Å². The monoisotopic (exact) mass is 760 g/mol. The van der Waals surface area contributed by atoms with Gasteiger partial charge in [0, 0.05) is 56.1 Å². The predicted octanol–water partition coefficient (Wildman–Crippen LogP) is 6.46. The van der Waals surface area contributed by atoms with Gasteiger partial charge < -0.3 is 29.5 Å². The number of rotatable bonds is 10. The first-order valence-electron chi connectivity index (χ1n) is 16.2. The molecule has 2 N–H and O–H groups in total. The minimum Gasteiger partial charge on any atom is -0.495 e. The second kappa shape index (κ2) is 15.6. The molecule has 52 heavy (non-hydrogen) atoms. The number of carbonyl (C=O) groups is 3. The molecule has 5 rings (SSSR count). The smallest absolute Gasteiger partial charge is 0.420 e. The van der Waals surface area contributed by atoms with Gasteiger partial charge in [-0.15, -0.1) is 0 Å². The number of piperazine rings is 1. The SMILES string of the molecule is COc1cc(OC)c(Cl)c(N(C(=O)O)C(=O)NCc2cc(N(C(=O)OC(C)(C)C)c3ccc(N4CCN(C5CC5)CC4)cc3[N+](=O)[O-])ncn2)c1Cl. The van der Waals surface area contributed by atoms with Gasteiger partial charge in [-0.05, 0) is 45.7 Å². The van der Waals surface area contributed by atoms with Crippen molar-refractivity contribution in [3.05, 3.63) is 62.5 Å². The normalized spacial score (nSPS) is 14.7. The third-order valence-electron chi connectivity index (χ3n) is 8.24. The Bertz CT molecular complexity index is 1840. The Balaban J connectivity index is 1.44. The third kappa shape index (κ3) is 8.49. The highest BCUT2D eigenvalue weighted by atomic mass is 35.5. The number of nitrogens with zero attached hydrogens (tertiary/aromatic N) is 7. The molecule has 0 radical (unpaired) electrons. The number of urea groups is 1. The Morgan fingerprint density at radius 3 is 2.19 bits per heavy atom. The van der Waals surface area contributed by atoms with Crippen molar-refractivity contribution >= 4 is 70.0 Å². The van der Waals surface area contributed by atoms with Crippen LogP contribution in [0.25, 0.3) is 0 Å². The number of nitrogens with one attached hydrogen (secondary N) is 1. The van der Waals surface area contributed by atoms with E-state index in [1.54, 1.807) is 26.8 Å². The third-order valence-corrected chi connectivity index (χ3v) is 8.97. The van der Waals surface area contributed by atoms with E-state index >= 15 is 0 Å². The lowest BCUT2D eigenvalue weighted by molar-refractivity contribution is -0.384. The maximum absolute atomic E-state index is 13.7. The van der Waals surface area contributed by atoms with Crippen molar-refractivity contribution in [2.24, 2.45) is 0 Å². The van der Waals surface area contributed by atoms with E-state index in [0.29, 0.717) is 24.8 Å². The Hall–Kier alpha value is -5.13. The van der Waals surface area contributed by atoms with E-state index in [0.717, 1.165) is 24.3 Å². The fourth-order valence-corrected chi connectivity index (χ4v) is 6.32. The summed E-state index contributed by atoms with van der Waals surface area (Å²) < 4.78 is 16.0. The highest BCUT2D eigenvalue weighted by molar-refractivity contribution is 6.43. The Morgan fingerprint density at radius 1 is 1.02 bits per heavy atom. The summed E-state index contributed by atoms with van der Waals surface area (Å²) in [6.07, 6.45) is 0.798. The van der Waals surface area contributed by atoms with E-state index in [4.69, 9.17) is 37.4 Å². The van der Waals surface area contributed by atoms with Crippen molar-refractivity contribution in [3.8, 4) is 11.5 Å². The molecule has 19 heteroatoms. The lowest BCUT2D eigenvalue weighted by atomic mass is 10.1. The molecular formula is C33H38Cl2N8O9. The number of carbonyl (C=O) groups excluding carboxylic acids is 2. The zero-order chi connectivity index (χ0) is 37.9. The van der Waals surface area contributed by atoms with Crippen LogP contribution in [0.1, 0.15) is 39.3 Å². The molecule has 0 unspecified atom stereocenters. The van der Waals surface area contributed by atoms with E-state index in [2.05, 4.69) is 25.1 Å². The lowest BCUT2D eigenvalue weighted by Crippen LogP contribution is -2.47. The van der Waals surface area contributed by atoms with E-state index in [9.17, 15) is 29.6 Å². The Labute approximate surface area is 309 Å². The molecule has 2 aliphatic rings. The number of aromatic nitrogens is 2. The van der Waals surface area contributed by atoms with Gasteiger partial charge in [-0.2, -0.15) is 4.90 Å². The molecular weight excluding hydrogens is 723 g/mol. The summed E-state index contributed by atoms with van der Waals surface area (Å²) in [7, 11) is 2.58. The topological polar surface area (TPSA) is 193 Å². The number of amides is 4. The number of halogens is 2. The number of benzene rings is 2. The van der Waals surface area contributed by atoms with Gasteiger partial charge in [-0.1, -0.05) is 23.2 Å². The van der Waals surface area contributed by atoms with Gasteiger partial charge in [0.25, 0.3) is 5.69 Å². The van der Waals surface area contributed by atoms with Crippen molar-refractivity contribution in [1.82, 2.24) is 20.2 Å². The van der Waals surface area contributed by atoms with Gasteiger partial charge in [0.1, 0.15) is 50.7 Å². The van der Waals surface area contributed by atoms with E-state index < -0.39 is 34.4 Å². The van der Waals surface area contributed by atoms with Gasteiger partial charge in [0.2, 0.25) is 0 Å². The van der Waals surface area contributed by atoms with Crippen molar-refractivity contribution in [2.75, 3.05) is 55.1 Å². The zero-order valence-electron chi connectivity index (χ0n) is 29.1. The van der Waals surface area contributed by atoms with Gasteiger partial charge >= 0.3 is 18.2 Å². The average molecular weight is 762 g/mol. The largest absolute Gasteiger partial charge is 0.495 e. The molecule has 3 aromatic rings. The standard InChI is InChI=1S/C33H38Cl2N8O9/c1-33(2,3)52-32(47)41(22-9-8-21(15-23(22)43(48)49)40-12-10-39(11-13-40)20-6-7-20)26-14-19(37-18-38-26)17-36-30(44)42(31(45)46)29-27(34)24(50-4)16-25(51-5)28(29)35/h8-9,14-16,18,20H,6-7,10-13,17H2,1-5H3,(H,36,44)(H,45,46). The Morgan fingerprint density at radius 2 is 1.65 bits per heavy atom. The number of nitro benzene ring substituents is 1. The number of methoxy groups -OCH3 is 2. The minimum absolute atomic E-state index is 0.00193. The molecule has 4 amide bonds. The molecule has 0 spiro atoms. The van der Waals surface area contributed by atoms with Crippen LogP contribution in [0.15, 0.2) is 36.7 Å². The second-order valence-corrected chi connectivity index (χ2v) is 13.7. The van der Waals surface area contributed by atoms with Gasteiger partial charge in [-0.25, -0.2) is 29.3 Å². The van der Waals surface area contributed by atoms with Gasteiger partial charge in [0.05, 0.1) is 31.4 Å². The number of nitro groups is 1. The number of ether oxygens (including phenoxy) is 3. The number of hydrogen-bond acceptors (Lipinski definition) is 12. The van der Waals surface area contributed by atoms with E-state index in [1.165, 1.54) is 51.3 Å². The van der Waals surface area contributed by atoms with Crippen LogP contribution < -0.4 is 29.5 Å². The van der Waals surface area contributed by atoms with Crippen molar-refractivity contribution < 1.29 is 38.6 Å². The van der Waals surface area contributed by atoms with E-state index in [-0.39, 0.29) is 55.9 Å². The van der Waals surface area contributed by atoms with Crippen molar-refractivity contribution in [1.29, 1.82) is 0 Å². The van der Waals surface area contributed by atoms with Crippen LogP contribution in [0.5, 0.6) is 11.5 Å². The molecule has 0 atom stereocenters. The molecule has 2 aromatic carbocycles. The summed E-state index contributed by atoms with van der Waals surface area (Å²) in [5.74, 6) is -0.114. The lowest BCUT2D eigenvalue weighted by Gasteiger charge is -2.36. The molecule has 0 bridgehead atoms. The maximum atomic E-state index is 13.7. The average Bonchev–Trinajstić information content (AvgIpc) is 3.95. The molecule has 2 fully saturated rings. The first-order valence-corrected chi connectivity index (χ1v) is 16.9. The molecule has 278 valence electrons. The summed E-state index contributed by atoms with van der Waals surface area (Å²) in [5.41, 5.74) is -1.13. The van der Waals surface area contributed by atoms with E-state index in [1.807, 2.05) is 0 Å². The summed E-state index contributed by atoms with van der Waals surface area (Å²) in [4.78, 5) is 65.4. The Kier molecular flexibility index (Phi) is 11.5. The highest BCUT2D eigenvalue weighted by Crippen LogP contribution is 2.46. The van der Waals surface area contributed by atoms with Crippen molar-refractivity contribution in [3.63, 3.8) is 0 Å². The predicted molar refractivity (Wildman–Crippen MR) is 193 cm³/mol. The van der Waals surface area contributed by atoms with Crippen LogP contribution in [-0.4, -0.2) is 95.2 Å². The number of anilines is 4. The summed E-state index contributed by atoms with van der Waals surface area (Å²) in [6, 6.07) is 6.69. The molecule has 1 saturated carbocycles. The second-order valence-electron chi connectivity index (χ2n) is 12.9. The highest BCUT2D eigenvalue weighted by Gasteiger charge is 2.35. The zero-order valence-corrected chi connectivity index (χ0v) is 30.6. The fraction of sp³-hybridized carbons (Fsp3) is 0.424. The van der Waals surface area contributed by atoms with Gasteiger partial charge in [-0.3, -0.25) is 15.0 Å². The van der Waals surface area contributed by atoms with Crippen LogP contribution in [-0.2, 0) is 11.3 Å². The maximum Gasteiger partial charge on any atom is 0.420 e. The summed E-state index contributed by atoms with van der Waals surface area (Å²) in [6.45, 7) is 7.66. The first-order chi connectivity index (χ1) is 24.6. The summed E-state index contributed by atoms with van der Waals surface area (Å²) in [5, 5.41) is 24.4. The van der Waals surface area contributed by atoms with Gasteiger partial charge in [0.15, 0.2) is 0 Å². The molecule has 1 saturated heterocycles. The van der Waals surface area contributed by atoms with Crippen LogP contribution in [0.3, 0.4) is 0 Å². The number of carboxylic acid groups (broad SMARTS) is 1. The minimum atomic E-state index is -1.73. The quantitative estimate of drug-likeness (QED) is 0.169. The summed E-state index contributed by atoms with van der Waals surface area (Å²) >= 11 is 12.7. The molecule has 17 nitrogen and oxygen atoms in total. The molecule has 2 heterocycles. The fourth-order valence-electron chi connectivity index (χ4n) is 5.65. The van der Waals surface area contributed by atoms with Crippen LogP contribution >= 0.6 is 23.2 Å². The first kappa shape index (κ1) is 38.1. The molecule has 1 aromatic heterocycles. The molecule has 1 aliphatic heterocycles. The van der Waals surface area contributed by atoms with Crippen LogP contribution in [0.4, 0.5) is 43.0 Å². The number of imide groups is 1. The molecule has 1 aliphatic carbocycles. The van der Waals surface area contributed by atoms with Crippen molar-refractivity contribution in [2.45, 2.75) is 51.8 Å². The van der Waals surface area contributed by atoms with Crippen LogP contribution in [0.2, 0.25) is 10.0 Å².